The van der Waals surface area contributed by atoms with Crippen LogP contribution in [0, 0.1) is 0 Å². The summed E-state index contributed by atoms with van der Waals surface area (Å²) >= 11 is 0. The van der Waals surface area contributed by atoms with Gasteiger partial charge in [0.25, 0.3) is 0 Å². The van der Waals surface area contributed by atoms with Crippen molar-refractivity contribution >= 4 is 11.1 Å². The SMILES string of the molecule is OC(COc1ccc2oc(-c3ccccc3)nc2c1)CN1CCNCC1. The maximum absolute atomic E-state index is 10.2. The predicted octanol–water partition coefficient (Wildman–Crippen LogP) is 2.14. The van der Waals surface area contributed by atoms with Gasteiger partial charge >= 0.3 is 0 Å². The van der Waals surface area contributed by atoms with Crippen molar-refractivity contribution in [2.75, 3.05) is 39.3 Å². The standard InChI is InChI=1S/C20H23N3O3/c24-16(13-23-10-8-21-9-11-23)14-25-17-6-7-19-18(12-17)22-20(26-19)15-4-2-1-3-5-15/h1-7,12,16,21,24H,8-11,13-14H2. The Kier molecular flexibility index (Phi) is 5.15. The molecular weight excluding hydrogens is 330 g/mol. The Morgan fingerprint density at radius 1 is 1.15 bits per heavy atom. The molecule has 3 aromatic rings. The van der Waals surface area contributed by atoms with Gasteiger partial charge in [0.1, 0.15) is 24.0 Å². The average Bonchev–Trinajstić information content (AvgIpc) is 3.11. The third-order valence-corrected chi connectivity index (χ3v) is 4.50. The minimum Gasteiger partial charge on any atom is -0.491 e. The number of ether oxygens (including phenoxy) is 1. The van der Waals surface area contributed by atoms with Gasteiger partial charge in [0, 0.05) is 44.4 Å². The molecule has 2 aromatic carbocycles. The highest BCUT2D eigenvalue weighted by molar-refractivity contribution is 5.77. The van der Waals surface area contributed by atoms with E-state index in [4.69, 9.17) is 9.15 Å². The Morgan fingerprint density at radius 2 is 1.96 bits per heavy atom. The molecule has 136 valence electrons. The number of benzene rings is 2. The Hall–Kier alpha value is -2.41. The second-order valence-electron chi connectivity index (χ2n) is 6.53. The third-order valence-electron chi connectivity index (χ3n) is 4.50. The fourth-order valence-electron chi connectivity index (χ4n) is 3.14. The van der Waals surface area contributed by atoms with E-state index in [0.29, 0.717) is 18.2 Å². The monoisotopic (exact) mass is 353 g/mol. The number of β-amino-alcohol motifs (C(OH)–C–C–N with tert-alkyl or cyclic N) is 1. The van der Waals surface area contributed by atoms with Crippen LogP contribution in [0.5, 0.6) is 5.75 Å². The smallest absolute Gasteiger partial charge is 0.227 e. The molecule has 1 unspecified atom stereocenters. The van der Waals surface area contributed by atoms with Crippen LogP contribution < -0.4 is 10.1 Å². The second-order valence-corrected chi connectivity index (χ2v) is 6.53. The van der Waals surface area contributed by atoms with Crippen molar-refractivity contribution < 1.29 is 14.3 Å². The van der Waals surface area contributed by atoms with Crippen LogP contribution in [0.4, 0.5) is 0 Å². The van der Waals surface area contributed by atoms with Gasteiger partial charge in [-0.15, -0.1) is 0 Å². The molecule has 0 radical (unpaired) electrons. The van der Waals surface area contributed by atoms with E-state index in [9.17, 15) is 5.11 Å². The zero-order valence-corrected chi connectivity index (χ0v) is 14.6. The van der Waals surface area contributed by atoms with Gasteiger partial charge < -0.3 is 19.6 Å². The topological polar surface area (TPSA) is 70.8 Å². The van der Waals surface area contributed by atoms with Gasteiger partial charge in [0.2, 0.25) is 5.89 Å². The number of aliphatic hydroxyl groups excluding tert-OH is 1. The summed E-state index contributed by atoms with van der Waals surface area (Å²) in [5.41, 5.74) is 2.41. The van der Waals surface area contributed by atoms with Crippen molar-refractivity contribution in [1.29, 1.82) is 0 Å². The summed E-state index contributed by atoms with van der Waals surface area (Å²) in [5.74, 6) is 1.28. The van der Waals surface area contributed by atoms with E-state index < -0.39 is 6.10 Å². The van der Waals surface area contributed by atoms with E-state index in [2.05, 4.69) is 15.2 Å². The fourth-order valence-corrected chi connectivity index (χ4v) is 3.14. The van der Waals surface area contributed by atoms with E-state index in [1.54, 1.807) is 0 Å². The summed E-state index contributed by atoms with van der Waals surface area (Å²) in [6.45, 7) is 4.76. The van der Waals surface area contributed by atoms with Crippen molar-refractivity contribution in [3.05, 3.63) is 48.5 Å². The van der Waals surface area contributed by atoms with E-state index in [1.807, 2.05) is 48.5 Å². The molecule has 26 heavy (non-hydrogen) atoms. The van der Waals surface area contributed by atoms with Crippen LogP contribution in [0.2, 0.25) is 0 Å². The molecule has 1 saturated heterocycles. The maximum atomic E-state index is 10.2. The van der Waals surface area contributed by atoms with Crippen LogP contribution in [0.3, 0.4) is 0 Å². The summed E-state index contributed by atoms with van der Waals surface area (Å²) in [6.07, 6.45) is -0.513. The Morgan fingerprint density at radius 3 is 2.77 bits per heavy atom. The van der Waals surface area contributed by atoms with Crippen LogP contribution in [0.15, 0.2) is 52.9 Å². The molecule has 2 N–H and O–H groups in total. The zero-order valence-electron chi connectivity index (χ0n) is 14.6. The lowest BCUT2D eigenvalue weighted by atomic mass is 10.2. The molecular formula is C20H23N3O3. The van der Waals surface area contributed by atoms with Gasteiger partial charge in [0.05, 0.1) is 0 Å². The summed E-state index contributed by atoms with van der Waals surface area (Å²) in [7, 11) is 0. The molecule has 6 nitrogen and oxygen atoms in total. The highest BCUT2D eigenvalue weighted by Crippen LogP contribution is 2.26. The van der Waals surface area contributed by atoms with Gasteiger partial charge in [-0.3, -0.25) is 4.90 Å². The molecule has 1 atom stereocenters. The first-order valence-corrected chi connectivity index (χ1v) is 8.98. The van der Waals surface area contributed by atoms with Gasteiger partial charge in [0.15, 0.2) is 5.58 Å². The molecule has 4 rings (SSSR count). The van der Waals surface area contributed by atoms with E-state index in [-0.39, 0.29) is 6.61 Å². The van der Waals surface area contributed by atoms with Crippen molar-refractivity contribution in [2.45, 2.75) is 6.10 Å². The number of nitrogens with zero attached hydrogens (tertiary/aromatic N) is 2. The number of hydrogen-bond donors (Lipinski definition) is 2. The highest BCUT2D eigenvalue weighted by atomic mass is 16.5. The molecule has 6 heteroatoms. The minimum absolute atomic E-state index is 0.263. The number of hydrogen-bond acceptors (Lipinski definition) is 6. The summed E-state index contributed by atoms with van der Waals surface area (Å²) in [6, 6.07) is 15.4. The van der Waals surface area contributed by atoms with Crippen molar-refractivity contribution in [3.63, 3.8) is 0 Å². The molecule has 0 saturated carbocycles. The van der Waals surface area contributed by atoms with Gasteiger partial charge in [-0.1, -0.05) is 18.2 Å². The van der Waals surface area contributed by atoms with Crippen LogP contribution in [0.1, 0.15) is 0 Å². The Balaban J connectivity index is 1.39. The first-order chi connectivity index (χ1) is 12.8. The number of fused-ring (bicyclic) bond motifs is 1. The van der Waals surface area contributed by atoms with Crippen molar-refractivity contribution in [2.24, 2.45) is 0 Å². The van der Waals surface area contributed by atoms with Crippen LogP contribution in [-0.4, -0.2) is 60.4 Å². The number of aliphatic hydroxyl groups is 1. The van der Waals surface area contributed by atoms with Crippen molar-refractivity contribution in [1.82, 2.24) is 15.2 Å². The first-order valence-electron chi connectivity index (χ1n) is 8.98. The van der Waals surface area contributed by atoms with E-state index in [0.717, 1.165) is 42.8 Å². The Labute approximate surface area is 152 Å². The number of oxazole rings is 1. The molecule has 0 amide bonds. The lowest BCUT2D eigenvalue weighted by Crippen LogP contribution is -2.47. The molecule has 1 aromatic heterocycles. The number of nitrogens with one attached hydrogen (secondary N) is 1. The normalized spacial score (nSPS) is 16.7. The average molecular weight is 353 g/mol. The number of rotatable bonds is 6. The van der Waals surface area contributed by atoms with Gasteiger partial charge in [-0.2, -0.15) is 0 Å². The van der Waals surface area contributed by atoms with E-state index >= 15 is 0 Å². The molecule has 1 aliphatic heterocycles. The van der Waals surface area contributed by atoms with Gasteiger partial charge in [-0.25, -0.2) is 4.98 Å². The fraction of sp³-hybridized carbons (Fsp3) is 0.350. The van der Waals surface area contributed by atoms with Crippen molar-refractivity contribution in [3.8, 4) is 17.2 Å². The minimum atomic E-state index is -0.513. The van der Waals surface area contributed by atoms with Crippen LogP contribution in [0.25, 0.3) is 22.6 Å². The lowest BCUT2D eigenvalue weighted by Gasteiger charge is -2.28. The second kappa shape index (κ2) is 7.86. The Bertz CT molecular complexity index is 844. The summed E-state index contributed by atoms with van der Waals surface area (Å²) < 4.78 is 11.6. The molecule has 0 aliphatic carbocycles. The molecule has 2 heterocycles. The molecule has 1 fully saturated rings. The van der Waals surface area contributed by atoms with Gasteiger partial charge in [-0.05, 0) is 24.3 Å². The molecule has 0 spiro atoms. The van der Waals surface area contributed by atoms with E-state index in [1.165, 1.54) is 0 Å². The van der Waals surface area contributed by atoms with Crippen LogP contribution >= 0.6 is 0 Å². The maximum Gasteiger partial charge on any atom is 0.227 e. The quantitative estimate of drug-likeness (QED) is 0.708. The zero-order chi connectivity index (χ0) is 17.8. The third kappa shape index (κ3) is 4.04. The number of piperazine rings is 1. The largest absolute Gasteiger partial charge is 0.491 e. The predicted molar refractivity (Wildman–Crippen MR) is 100 cm³/mol. The first kappa shape index (κ1) is 17.0. The number of aromatic nitrogens is 1. The molecule has 1 aliphatic rings. The van der Waals surface area contributed by atoms with Crippen LogP contribution in [-0.2, 0) is 0 Å². The summed E-state index contributed by atoms with van der Waals surface area (Å²) in [5, 5.41) is 13.5. The highest BCUT2D eigenvalue weighted by Gasteiger charge is 2.15. The summed E-state index contributed by atoms with van der Waals surface area (Å²) in [4.78, 5) is 6.79. The lowest BCUT2D eigenvalue weighted by molar-refractivity contribution is 0.0642. The molecule has 0 bridgehead atoms.